The van der Waals surface area contributed by atoms with Gasteiger partial charge in [-0.2, -0.15) is 0 Å². The molecule has 112 valence electrons. The number of nitrogens with zero attached hydrogens (tertiary/aromatic N) is 1. The van der Waals surface area contributed by atoms with Crippen molar-refractivity contribution >= 4 is 17.0 Å². The predicted octanol–water partition coefficient (Wildman–Crippen LogP) is 2.30. The number of hydrogen-bond acceptors (Lipinski definition) is 4. The van der Waals surface area contributed by atoms with E-state index >= 15 is 0 Å². The molecule has 2 heterocycles. The van der Waals surface area contributed by atoms with Gasteiger partial charge in [0.2, 0.25) is 0 Å². The maximum absolute atomic E-state index is 12.2. The first-order valence-corrected chi connectivity index (χ1v) is 6.74. The van der Waals surface area contributed by atoms with E-state index in [0.29, 0.717) is 35.5 Å². The van der Waals surface area contributed by atoms with Gasteiger partial charge in [-0.25, -0.2) is 4.79 Å². The van der Waals surface area contributed by atoms with Gasteiger partial charge in [-0.1, -0.05) is 6.08 Å². The molecule has 0 saturated carbocycles. The highest BCUT2D eigenvalue weighted by Crippen LogP contribution is 2.15. The number of amides is 1. The van der Waals surface area contributed by atoms with Crippen molar-refractivity contribution in [3.05, 3.63) is 71.1 Å². The molecule has 0 bridgehead atoms. The summed E-state index contributed by atoms with van der Waals surface area (Å²) in [5.41, 5.74) is 1.45. The lowest BCUT2D eigenvalue weighted by Crippen LogP contribution is -2.22. The average Bonchev–Trinajstić information content (AvgIpc) is 3.13. The molecule has 0 aliphatic heterocycles. The van der Waals surface area contributed by atoms with Crippen LogP contribution in [0.3, 0.4) is 0 Å². The Morgan fingerprint density at radius 2 is 2.23 bits per heavy atom. The van der Waals surface area contributed by atoms with Crippen molar-refractivity contribution < 1.29 is 13.6 Å². The highest BCUT2D eigenvalue weighted by Gasteiger charge is 2.12. The summed E-state index contributed by atoms with van der Waals surface area (Å²) in [6, 6.07) is 8.38. The van der Waals surface area contributed by atoms with Gasteiger partial charge in [-0.15, -0.1) is 6.58 Å². The van der Waals surface area contributed by atoms with Gasteiger partial charge in [0.25, 0.3) is 5.91 Å². The molecule has 6 heteroatoms. The molecule has 3 rings (SSSR count). The monoisotopic (exact) mass is 298 g/mol. The van der Waals surface area contributed by atoms with Crippen LogP contribution in [0.1, 0.15) is 16.1 Å². The minimum absolute atomic E-state index is 0.253. The van der Waals surface area contributed by atoms with Crippen LogP contribution in [0.5, 0.6) is 0 Å². The highest BCUT2D eigenvalue weighted by molar-refractivity contribution is 5.97. The van der Waals surface area contributed by atoms with Crippen LogP contribution in [0.4, 0.5) is 0 Å². The molecule has 0 spiro atoms. The number of hydrogen-bond donors (Lipinski definition) is 1. The zero-order valence-corrected chi connectivity index (χ0v) is 11.7. The van der Waals surface area contributed by atoms with Gasteiger partial charge in [0, 0.05) is 12.1 Å². The van der Waals surface area contributed by atoms with Gasteiger partial charge in [-0.05, 0) is 30.3 Å². The Hall–Kier alpha value is -3.02. The second-order valence-electron chi connectivity index (χ2n) is 4.71. The summed E-state index contributed by atoms with van der Waals surface area (Å²) in [5, 5.41) is 2.75. The lowest BCUT2D eigenvalue weighted by Gasteiger charge is -2.04. The van der Waals surface area contributed by atoms with Crippen molar-refractivity contribution in [2.45, 2.75) is 13.1 Å². The fourth-order valence-corrected chi connectivity index (χ4v) is 2.19. The van der Waals surface area contributed by atoms with Crippen molar-refractivity contribution in [2.75, 3.05) is 0 Å². The molecular formula is C16H14N2O4. The molecule has 1 aromatic carbocycles. The summed E-state index contributed by atoms with van der Waals surface area (Å²) in [5.74, 6) is -0.0542. The molecule has 1 amide bonds. The van der Waals surface area contributed by atoms with Crippen LogP contribution in [0, 0.1) is 0 Å². The number of carbonyl (C=O) groups excluding carboxylic acids is 1. The maximum atomic E-state index is 12.2. The summed E-state index contributed by atoms with van der Waals surface area (Å²) in [4.78, 5) is 23.9. The van der Waals surface area contributed by atoms with Crippen LogP contribution in [-0.4, -0.2) is 10.5 Å². The van der Waals surface area contributed by atoms with Gasteiger partial charge in [0.05, 0.1) is 18.3 Å². The van der Waals surface area contributed by atoms with Crippen molar-refractivity contribution in [3.63, 3.8) is 0 Å². The number of rotatable bonds is 5. The first-order valence-electron chi connectivity index (χ1n) is 6.74. The van der Waals surface area contributed by atoms with Crippen LogP contribution in [0.2, 0.25) is 0 Å². The number of oxazole rings is 1. The fraction of sp³-hybridized carbons (Fsp3) is 0.125. The average molecular weight is 298 g/mol. The van der Waals surface area contributed by atoms with Crippen LogP contribution in [0.15, 0.2) is 62.9 Å². The molecular weight excluding hydrogens is 284 g/mol. The summed E-state index contributed by atoms with van der Waals surface area (Å²) < 4.78 is 11.7. The maximum Gasteiger partial charge on any atom is 0.420 e. The molecule has 0 aliphatic carbocycles. The van der Waals surface area contributed by atoms with E-state index in [1.807, 2.05) is 0 Å². The molecule has 2 aromatic heterocycles. The van der Waals surface area contributed by atoms with Gasteiger partial charge in [0.15, 0.2) is 5.58 Å². The SMILES string of the molecule is C=CCn1c(=O)oc2ccc(C(=O)NCc3ccco3)cc21. The quantitative estimate of drug-likeness (QED) is 0.733. The molecule has 6 nitrogen and oxygen atoms in total. The Labute approximate surface area is 125 Å². The molecule has 0 atom stereocenters. The molecule has 22 heavy (non-hydrogen) atoms. The summed E-state index contributed by atoms with van der Waals surface area (Å²) in [7, 11) is 0. The summed E-state index contributed by atoms with van der Waals surface area (Å²) in [6.45, 7) is 4.23. The number of fused-ring (bicyclic) bond motifs is 1. The second kappa shape index (κ2) is 5.77. The minimum Gasteiger partial charge on any atom is -0.467 e. The Kier molecular flexibility index (Phi) is 3.65. The third-order valence-corrected chi connectivity index (χ3v) is 3.24. The summed E-state index contributed by atoms with van der Waals surface area (Å²) >= 11 is 0. The Balaban J connectivity index is 1.87. The fourth-order valence-electron chi connectivity index (χ4n) is 2.19. The predicted molar refractivity (Wildman–Crippen MR) is 80.5 cm³/mol. The highest BCUT2D eigenvalue weighted by atomic mass is 16.4. The standard InChI is InChI=1S/C16H14N2O4/c1-2-7-18-13-9-11(5-6-14(13)22-16(18)20)15(19)17-10-12-4-3-8-21-12/h2-6,8-9H,1,7,10H2,(H,17,19). The van der Waals surface area contributed by atoms with Gasteiger partial charge in [-0.3, -0.25) is 9.36 Å². The number of carbonyl (C=O) groups is 1. The van der Waals surface area contributed by atoms with E-state index < -0.39 is 5.76 Å². The zero-order chi connectivity index (χ0) is 15.5. The van der Waals surface area contributed by atoms with Crippen molar-refractivity contribution in [3.8, 4) is 0 Å². The second-order valence-corrected chi connectivity index (χ2v) is 4.71. The molecule has 0 unspecified atom stereocenters. The number of allylic oxidation sites excluding steroid dienone is 1. The third kappa shape index (κ3) is 2.58. The molecule has 3 aromatic rings. The lowest BCUT2D eigenvalue weighted by atomic mass is 10.2. The van der Waals surface area contributed by atoms with E-state index in [2.05, 4.69) is 11.9 Å². The first-order chi connectivity index (χ1) is 10.7. The van der Waals surface area contributed by atoms with Crippen molar-refractivity contribution in [2.24, 2.45) is 0 Å². The van der Waals surface area contributed by atoms with E-state index in [9.17, 15) is 9.59 Å². The van der Waals surface area contributed by atoms with E-state index in [0.717, 1.165) is 0 Å². The molecule has 0 radical (unpaired) electrons. The first kappa shape index (κ1) is 13.9. The van der Waals surface area contributed by atoms with Crippen LogP contribution < -0.4 is 11.1 Å². The topological polar surface area (TPSA) is 77.4 Å². The number of nitrogens with one attached hydrogen (secondary N) is 1. The van der Waals surface area contributed by atoms with Crippen molar-refractivity contribution in [1.82, 2.24) is 9.88 Å². The smallest absolute Gasteiger partial charge is 0.420 e. The van der Waals surface area contributed by atoms with Gasteiger partial charge >= 0.3 is 5.76 Å². The van der Waals surface area contributed by atoms with Gasteiger partial charge in [0.1, 0.15) is 5.76 Å². The van der Waals surface area contributed by atoms with E-state index in [1.54, 1.807) is 42.7 Å². The lowest BCUT2D eigenvalue weighted by molar-refractivity contribution is 0.0948. The van der Waals surface area contributed by atoms with Crippen molar-refractivity contribution in [1.29, 1.82) is 0 Å². The zero-order valence-electron chi connectivity index (χ0n) is 11.7. The van der Waals surface area contributed by atoms with E-state index in [1.165, 1.54) is 4.57 Å². The van der Waals surface area contributed by atoms with E-state index in [4.69, 9.17) is 8.83 Å². The molecule has 0 fully saturated rings. The largest absolute Gasteiger partial charge is 0.467 e. The van der Waals surface area contributed by atoms with E-state index in [-0.39, 0.29) is 5.91 Å². The molecule has 0 saturated heterocycles. The van der Waals surface area contributed by atoms with Crippen LogP contribution >= 0.6 is 0 Å². The Bertz CT molecular complexity index is 871. The van der Waals surface area contributed by atoms with Crippen LogP contribution in [0.25, 0.3) is 11.1 Å². The van der Waals surface area contributed by atoms with Gasteiger partial charge < -0.3 is 14.2 Å². The minimum atomic E-state index is -0.469. The normalized spacial score (nSPS) is 10.7. The Morgan fingerprint density at radius 1 is 1.36 bits per heavy atom. The third-order valence-electron chi connectivity index (χ3n) is 3.24. The summed E-state index contributed by atoms with van der Waals surface area (Å²) in [6.07, 6.45) is 3.15. The molecule has 0 aliphatic rings. The Morgan fingerprint density at radius 3 is 2.95 bits per heavy atom. The molecule has 1 N–H and O–H groups in total. The number of benzene rings is 1. The number of aromatic nitrogens is 1. The number of furan rings is 1. The van der Waals surface area contributed by atoms with Crippen LogP contribution in [-0.2, 0) is 13.1 Å².